The summed E-state index contributed by atoms with van der Waals surface area (Å²) in [5.74, 6) is -4.49. The molecule has 17 heavy (non-hydrogen) atoms. The standard InChI is InChI=1S/C12H12F2O3/c1-7-4-3-5-8(9(7)17-2)11(10(15)16)6-12(11,13)14/h3-5H,6H2,1-2H3,(H,15,16). The van der Waals surface area contributed by atoms with Gasteiger partial charge in [-0.2, -0.15) is 0 Å². The number of aliphatic carboxylic acids is 1. The highest BCUT2D eigenvalue weighted by molar-refractivity contribution is 5.89. The lowest BCUT2D eigenvalue weighted by Gasteiger charge is -2.17. The number of halogens is 2. The van der Waals surface area contributed by atoms with Crippen LogP contribution in [0.5, 0.6) is 5.75 Å². The largest absolute Gasteiger partial charge is 0.496 e. The van der Waals surface area contributed by atoms with Crippen LogP contribution >= 0.6 is 0 Å². The van der Waals surface area contributed by atoms with Crippen molar-refractivity contribution in [2.45, 2.75) is 24.7 Å². The Morgan fingerprint density at radius 1 is 1.47 bits per heavy atom. The minimum atomic E-state index is -3.21. The summed E-state index contributed by atoms with van der Waals surface area (Å²) in [6, 6.07) is 4.64. The third-order valence-corrected chi connectivity index (χ3v) is 3.23. The Labute approximate surface area is 97.0 Å². The van der Waals surface area contributed by atoms with Gasteiger partial charge in [0, 0.05) is 12.0 Å². The molecule has 1 saturated carbocycles. The Balaban J connectivity index is 2.62. The van der Waals surface area contributed by atoms with E-state index in [0.29, 0.717) is 5.56 Å². The Hall–Kier alpha value is -1.65. The highest BCUT2D eigenvalue weighted by Gasteiger charge is 2.78. The molecular formula is C12H12F2O3. The van der Waals surface area contributed by atoms with Gasteiger partial charge in [-0.1, -0.05) is 18.2 Å². The summed E-state index contributed by atoms with van der Waals surface area (Å²) in [7, 11) is 1.35. The first-order valence-electron chi connectivity index (χ1n) is 5.12. The van der Waals surface area contributed by atoms with Gasteiger partial charge in [0.15, 0.2) is 5.41 Å². The van der Waals surface area contributed by atoms with Gasteiger partial charge in [0.1, 0.15) is 5.75 Å². The van der Waals surface area contributed by atoms with Crippen LogP contribution in [-0.2, 0) is 10.2 Å². The molecule has 1 aromatic carbocycles. The summed E-state index contributed by atoms with van der Waals surface area (Å²) in [6.45, 7) is 1.69. The quantitative estimate of drug-likeness (QED) is 0.885. The van der Waals surface area contributed by atoms with E-state index in [1.807, 2.05) is 0 Å². The van der Waals surface area contributed by atoms with Crippen LogP contribution in [0.1, 0.15) is 17.5 Å². The van der Waals surface area contributed by atoms with Gasteiger partial charge in [0.25, 0.3) is 5.92 Å². The molecule has 1 fully saturated rings. The van der Waals surface area contributed by atoms with Crippen molar-refractivity contribution in [1.82, 2.24) is 0 Å². The van der Waals surface area contributed by atoms with Crippen LogP contribution in [0.4, 0.5) is 8.78 Å². The SMILES string of the molecule is COc1c(C)cccc1C1(C(=O)O)CC1(F)F. The van der Waals surface area contributed by atoms with Gasteiger partial charge in [-0.25, -0.2) is 8.78 Å². The van der Waals surface area contributed by atoms with Gasteiger partial charge in [-0.05, 0) is 12.5 Å². The lowest BCUT2D eigenvalue weighted by molar-refractivity contribution is -0.143. The number of ether oxygens (including phenoxy) is 1. The van der Waals surface area contributed by atoms with Gasteiger partial charge in [-0.3, -0.25) is 4.79 Å². The molecule has 3 nitrogen and oxygen atoms in total. The number of rotatable bonds is 3. The molecular weight excluding hydrogens is 230 g/mol. The van der Waals surface area contributed by atoms with Gasteiger partial charge >= 0.3 is 5.97 Å². The Morgan fingerprint density at radius 3 is 2.47 bits per heavy atom. The van der Waals surface area contributed by atoms with Crippen LogP contribution in [0, 0.1) is 6.92 Å². The summed E-state index contributed by atoms with van der Waals surface area (Å²) < 4.78 is 31.8. The number of carbonyl (C=O) groups is 1. The maximum Gasteiger partial charge on any atom is 0.320 e. The summed E-state index contributed by atoms with van der Waals surface area (Å²) in [5, 5.41) is 9.07. The predicted octanol–water partition coefficient (Wildman–Crippen LogP) is 2.37. The highest BCUT2D eigenvalue weighted by atomic mass is 19.3. The number of hydrogen-bond donors (Lipinski definition) is 1. The molecule has 0 amide bonds. The summed E-state index contributed by atoms with van der Waals surface area (Å²) in [4.78, 5) is 11.1. The van der Waals surface area contributed by atoms with E-state index in [1.54, 1.807) is 19.1 Å². The maximum atomic E-state index is 13.4. The molecule has 0 aliphatic heterocycles. The molecule has 0 heterocycles. The Morgan fingerprint density at radius 2 is 2.06 bits per heavy atom. The summed E-state index contributed by atoms with van der Waals surface area (Å²) in [6.07, 6.45) is -0.671. The van der Waals surface area contributed by atoms with Crippen molar-refractivity contribution in [3.8, 4) is 5.75 Å². The van der Waals surface area contributed by atoms with E-state index in [1.165, 1.54) is 13.2 Å². The average Bonchev–Trinajstić information content (AvgIpc) is 2.83. The fraction of sp³-hybridized carbons (Fsp3) is 0.417. The van der Waals surface area contributed by atoms with Crippen molar-refractivity contribution in [2.24, 2.45) is 0 Å². The maximum absolute atomic E-state index is 13.4. The molecule has 1 aliphatic rings. The number of aryl methyl sites for hydroxylation is 1. The topological polar surface area (TPSA) is 46.5 Å². The second-order valence-electron chi connectivity index (χ2n) is 4.25. The fourth-order valence-corrected chi connectivity index (χ4v) is 2.19. The first kappa shape index (κ1) is 11.8. The molecule has 5 heteroatoms. The molecule has 0 spiro atoms. The van der Waals surface area contributed by atoms with E-state index in [0.717, 1.165) is 0 Å². The van der Waals surface area contributed by atoms with Crippen LogP contribution in [0.25, 0.3) is 0 Å². The van der Waals surface area contributed by atoms with Crippen molar-refractivity contribution in [2.75, 3.05) is 7.11 Å². The number of carboxylic acids is 1. The average molecular weight is 242 g/mol. The van der Waals surface area contributed by atoms with E-state index in [2.05, 4.69) is 0 Å². The van der Waals surface area contributed by atoms with Crippen molar-refractivity contribution in [3.63, 3.8) is 0 Å². The molecule has 0 radical (unpaired) electrons. The van der Waals surface area contributed by atoms with E-state index in [-0.39, 0.29) is 11.3 Å². The third-order valence-electron chi connectivity index (χ3n) is 3.23. The minimum Gasteiger partial charge on any atom is -0.496 e. The van der Waals surface area contributed by atoms with Crippen molar-refractivity contribution < 1.29 is 23.4 Å². The van der Waals surface area contributed by atoms with Gasteiger partial charge in [0.05, 0.1) is 7.11 Å². The van der Waals surface area contributed by atoms with Gasteiger partial charge in [0.2, 0.25) is 0 Å². The van der Waals surface area contributed by atoms with Crippen molar-refractivity contribution in [1.29, 1.82) is 0 Å². The van der Waals surface area contributed by atoms with Crippen LogP contribution in [0.15, 0.2) is 18.2 Å². The van der Waals surface area contributed by atoms with E-state index in [9.17, 15) is 13.6 Å². The molecule has 1 atom stereocenters. The number of carboxylic acid groups (broad SMARTS) is 1. The molecule has 0 bridgehead atoms. The molecule has 2 rings (SSSR count). The monoisotopic (exact) mass is 242 g/mol. The normalized spacial score (nSPS) is 25.4. The zero-order valence-electron chi connectivity index (χ0n) is 9.46. The van der Waals surface area contributed by atoms with Crippen LogP contribution in [0.3, 0.4) is 0 Å². The number of para-hydroxylation sites is 1. The molecule has 1 aliphatic carbocycles. The van der Waals surface area contributed by atoms with E-state index < -0.39 is 23.7 Å². The minimum absolute atomic E-state index is 0.0532. The van der Waals surface area contributed by atoms with Crippen molar-refractivity contribution in [3.05, 3.63) is 29.3 Å². The number of methoxy groups -OCH3 is 1. The number of hydrogen-bond acceptors (Lipinski definition) is 2. The van der Waals surface area contributed by atoms with Gasteiger partial charge in [-0.15, -0.1) is 0 Å². The predicted molar refractivity (Wildman–Crippen MR) is 56.6 cm³/mol. The third kappa shape index (κ3) is 1.41. The second-order valence-corrected chi connectivity index (χ2v) is 4.25. The van der Waals surface area contributed by atoms with E-state index >= 15 is 0 Å². The molecule has 92 valence electrons. The Kier molecular flexibility index (Phi) is 2.38. The molecule has 1 aromatic rings. The van der Waals surface area contributed by atoms with Gasteiger partial charge < -0.3 is 9.84 Å². The van der Waals surface area contributed by atoms with Crippen LogP contribution < -0.4 is 4.74 Å². The molecule has 0 aromatic heterocycles. The molecule has 1 N–H and O–H groups in total. The zero-order chi connectivity index (χ0) is 12.8. The first-order valence-corrected chi connectivity index (χ1v) is 5.12. The zero-order valence-corrected chi connectivity index (χ0v) is 9.46. The van der Waals surface area contributed by atoms with E-state index in [4.69, 9.17) is 9.84 Å². The lowest BCUT2D eigenvalue weighted by Crippen LogP contribution is -2.27. The van der Waals surface area contributed by atoms with Crippen molar-refractivity contribution >= 4 is 5.97 Å². The molecule has 0 saturated heterocycles. The second kappa shape index (κ2) is 3.42. The summed E-state index contributed by atoms with van der Waals surface area (Å²) in [5.41, 5.74) is -1.42. The Bertz CT molecular complexity index is 485. The summed E-state index contributed by atoms with van der Waals surface area (Å²) >= 11 is 0. The van der Waals surface area contributed by atoms with Crippen LogP contribution in [-0.4, -0.2) is 24.1 Å². The van der Waals surface area contributed by atoms with Crippen LogP contribution in [0.2, 0.25) is 0 Å². The molecule has 1 unspecified atom stereocenters. The first-order chi connectivity index (χ1) is 7.87. The lowest BCUT2D eigenvalue weighted by atomic mass is 9.92. The number of benzene rings is 1. The smallest absolute Gasteiger partial charge is 0.320 e. The fourth-order valence-electron chi connectivity index (χ4n) is 2.19. The number of alkyl halides is 2. The highest BCUT2D eigenvalue weighted by Crippen LogP contribution is 2.63.